The lowest BCUT2D eigenvalue weighted by atomic mass is 9.97. The molecule has 5 heteroatoms. The Bertz CT molecular complexity index is 795. The van der Waals surface area contributed by atoms with Crippen molar-refractivity contribution >= 4 is 16.9 Å². The summed E-state index contributed by atoms with van der Waals surface area (Å²) in [6.45, 7) is 12.5. The minimum absolute atomic E-state index is 0.317. The van der Waals surface area contributed by atoms with E-state index in [1.165, 1.54) is 25.0 Å². The maximum absolute atomic E-state index is 8.21. The van der Waals surface area contributed by atoms with Gasteiger partial charge in [0.15, 0.2) is 0 Å². The Morgan fingerprint density at radius 2 is 1.86 bits per heavy atom. The summed E-state index contributed by atoms with van der Waals surface area (Å²) >= 11 is 0. The summed E-state index contributed by atoms with van der Waals surface area (Å²) in [6.07, 6.45) is 11.9. The van der Waals surface area contributed by atoms with Gasteiger partial charge in [-0.15, -0.1) is 0 Å². The average molecular weight is 396 g/mol. The minimum Gasteiger partial charge on any atom is -0.393 e. The highest BCUT2D eigenvalue weighted by Gasteiger charge is 2.14. The van der Waals surface area contributed by atoms with Gasteiger partial charge in [0.05, 0.1) is 0 Å². The largest absolute Gasteiger partial charge is 0.393 e. The van der Waals surface area contributed by atoms with Crippen LogP contribution in [-0.4, -0.2) is 41.8 Å². The third kappa shape index (κ3) is 6.48. The number of piperidine rings is 1. The van der Waals surface area contributed by atoms with Crippen LogP contribution in [0.3, 0.4) is 0 Å². The molecule has 1 fully saturated rings. The molecule has 0 atom stereocenters. The molecule has 1 aromatic rings. The van der Waals surface area contributed by atoms with E-state index in [-0.39, 0.29) is 0 Å². The van der Waals surface area contributed by atoms with Gasteiger partial charge in [0.25, 0.3) is 0 Å². The van der Waals surface area contributed by atoms with Gasteiger partial charge in [-0.2, -0.15) is 0 Å². The zero-order chi connectivity index (χ0) is 21.4. The Kier molecular flexibility index (Phi) is 8.50. The molecule has 0 amide bonds. The van der Waals surface area contributed by atoms with Crippen molar-refractivity contribution in [2.75, 3.05) is 20.1 Å². The number of hydrogen-bond acceptors (Lipinski definition) is 5. The van der Waals surface area contributed by atoms with Crippen molar-refractivity contribution in [2.45, 2.75) is 59.9 Å². The summed E-state index contributed by atoms with van der Waals surface area (Å²) in [5.74, 6) is 0. The number of allylic oxidation sites excluding steroid dienone is 4. The van der Waals surface area contributed by atoms with Crippen LogP contribution in [0.25, 0.3) is 11.1 Å². The molecule has 0 unspecified atom stereocenters. The van der Waals surface area contributed by atoms with Crippen LogP contribution in [-0.2, 0) is 0 Å². The van der Waals surface area contributed by atoms with Gasteiger partial charge in [0.2, 0.25) is 0 Å². The van der Waals surface area contributed by atoms with Gasteiger partial charge in [0.1, 0.15) is 0 Å². The maximum Gasteiger partial charge on any atom is 0.0451 e. The fourth-order valence-corrected chi connectivity index (χ4v) is 3.55. The number of likely N-dealkylation sites (tertiary alicyclic amines) is 1. The van der Waals surface area contributed by atoms with E-state index in [9.17, 15) is 0 Å². The molecule has 0 bridgehead atoms. The molecule has 0 spiro atoms. The van der Waals surface area contributed by atoms with Crippen LogP contribution in [0.4, 0.5) is 0 Å². The van der Waals surface area contributed by atoms with Crippen LogP contribution in [0.15, 0.2) is 36.4 Å². The number of hydrogen-bond donors (Lipinski definition) is 3. The van der Waals surface area contributed by atoms with Crippen LogP contribution in [0.1, 0.15) is 63.8 Å². The molecule has 5 nitrogen and oxygen atoms in total. The topological polar surface area (TPSA) is 64.0 Å². The predicted molar refractivity (Wildman–Crippen MR) is 125 cm³/mol. The number of rotatable bonds is 8. The van der Waals surface area contributed by atoms with E-state index in [1.54, 1.807) is 0 Å². The van der Waals surface area contributed by atoms with Crippen molar-refractivity contribution in [3.8, 4) is 0 Å². The van der Waals surface area contributed by atoms with Crippen molar-refractivity contribution in [1.82, 2.24) is 20.5 Å². The van der Waals surface area contributed by atoms with Gasteiger partial charge < -0.3 is 20.9 Å². The van der Waals surface area contributed by atoms with E-state index in [4.69, 9.17) is 5.41 Å². The molecule has 1 saturated heterocycles. The van der Waals surface area contributed by atoms with Gasteiger partial charge in [-0.05, 0) is 66.0 Å². The molecule has 3 N–H and O–H groups in total. The van der Waals surface area contributed by atoms with Crippen LogP contribution >= 0.6 is 0 Å². The Morgan fingerprint density at radius 1 is 1.17 bits per heavy atom. The first kappa shape index (κ1) is 22.7. The SMILES string of the molecule is CN/C=C(\C=C(/C)N1CCCCC1)c1cc(/C(=C/NC(C)C)C(C)=N)cnc1C. The van der Waals surface area contributed by atoms with E-state index in [2.05, 4.69) is 53.4 Å². The number of pyridine rings is 1. The van der Waals surface area contributed by atoms with Crippen molar-refractivity contribution in [3.05, 3.63) is 53.3 Å². The number of aromatic nitrogens is 1. The molecule has 0 aromatic carbocycles. The third-order valence-corrected chi connectivity index (χ3v) is 5.19. The monoisotopic (exact) mass is 395 g/mol. The summed E-state index contributed by atoms with van der Waals surface area (Å²) in [5, 5.41) is 14.7. The Morgan fingerprint density at radius 3 is 2.45 bits per heavy atom. The zero-order valence-corrected chi connectivity index (χ0v) is 18.9. The van der Waals surface area contributed by atoms with Crippen LogP contribution in [0.2, 0.25) is 0 Å². The standard InChI is InChI=1S/C24H37N5/c1-17(2)27-16-24(19(4)25)22-13-23(20(5)28-15-22)21(14-26-6)12-18(3)29-10-8-7-9-11-29/h12-17,25-27H,7-11H2,1-6H3/b18-12+,21-14+,24-16+,25-19?. The fraction of sp³-hybridized carbons (Fsp3) is 0.500. The van der Waals surface area contributed by atoms with E-state index in [1.807, 2.05) is 39.5 Å². The molecule has 2 rings (SSSR count). The highest BCUT2D eigenvalue weighted by molar-refractivity contribution is 6.21. The lowest BCUT2D eigenvalue weighted by Gasteiger charge is -2.29. The molecular formula is C24H37N5. The van der Waals surface area contributed by atoms with Gasteiger partial charge in [-0.25, -0.2) is 0 Å². The normalized spacial score (nSPS) is 16.2. The van der Waals surface area contributed by atoms with Gasteiger partial charge >= 0.3 is 0 Å². The number of nitrogens with one attached hydrogen (secondary N) is 3. The van der Waals surface area contributed by atoms with Crippen LogP contribution in [0.5, 0.6) is 0 Å². The molecule has 0 radical (unpaired) electrons. The van der Waals surface area contributed by atoms with Crippen LogP contribution < -0.4 is 10.6 Å². The Hall–Kier alpha value is -2.56. The zero-order valence-electron chi connectivity index (χ0n) is 18.9. The summed E-state index contributed by atoms with van der Waals surface area (Å²) < 4.78 is 0. The Labute approximate surface area is 176 Å². The summed E-state index contributed by atoms with van der Waals surface area (Å²) in [5.41, 5.74) is 6.82. The van der Waals surface area contributed by atoms with E-state index in [0.29, 0.717) is 11.8 Å². The van der Waals surface area contributed by atoms with Crippen LogP contribution in [0, 0.1) is 12.3 Å². The third-order valence-electron chi connectivity index (χ3n) is 5.19. The first-order chi connectivity index (χ1) is 13.8. The predicted octanol–water partition coefficient (Wildman–Crippen LogP) is 4.72. The first-order valence-electron chi connectivity index (χ1n) is 10.6. The lowest BCUT2D eigenvalue weighted by Crippen LogP contribution is -2.28. The van der Waals surface area contributed by atoms with Gasteiger partial charge in [-0.3, -0.25) is 4.98 Å². The van der Waals surface area contributed by atoms with E-state index in [0.717, 1.165) is 41.1 Å². The number of nitrogens with zero attached hydrogens (tertiary/aromatic N) is 2. The average Bonchev–Trinajstić information content (AvgIpc) is 2.69. The highest BCUT2D eigenvalue weighted by atomic mass is 15.1. The summed E-state index contributed by atoms with van der Waals surface area (Å²) in [6, 6.07) is 2.47. The van der Waals surface area contributed by atoms with E-state index >= 15 is 0 Å². The summed E-state index contributed by atoms with van der Waals surface area (Å²) in [7, 11) is 1.93. The molecule has 0 aliphatic carbocycles. The second kappa shape index (κ2) is 10.8. The fourth-order valence-electron chi connectivity index (χ4n) is 3.55. The molecular weight excluding hydrogens is 358 g/mol. The molecule has 1 aliphatic heterocycles. The second-order valence-corrected chi connectivity index (χ2v) is 8.08. The van der Waals surface area contributed by atoms with Crippen molar-refractivity contribution in [1.29, 1.82) is 5.41 Å². The minimum atomic E-state index is 0.317. The molecule has 1 aromatic heterocycles. The molecule has 158 valence electrons. The van der Waals surface area contributed by atoms with Gasteiger partial charge in [0, 0.05) is 84.2 Å². The second-order valence-electron chi connectivity index (χ2n) is 8.08. The lowest BCUT2D eigenvalue weighted by molar-refractivity contribution is 0.286. The van der Waals surface area contributed by atoms with E-state index < -0.39 is 0 Å². The molecule has 2 heterocycles. The smallest absolute Gasteiger partial charge is 0.0451 e. The highest BCUT2D eigenvalue weighted by Crippen LogP contribution is 2.26. The quantitative estimate of drug-likeness (QED) is 0.440. The first-order valence-corrected chi connectivity index (χ1v) is 10.6. The number of aryl methyl sites for hydroxylation is 1. The molecule has 1 aliphatic rings. The van der Waals surface area contributed by atoms with Gasteiger partial charge in [-0.1, -0.05) is 0 Å². The maximum atomic E-state index is 8.21. The molecule has 29 heavy (non-hydrogen) atoms. The van der Waals surface area contributed by atoms with Crippen molar-refractivity contribution < 1.29 is 0 Å². The van der Waals surface area contributed by atoms with Crippen molar-refractivity contribution in [3.63, 3.8) is 0 Å². The summed E-state index contributed by atoms with van der Waals surface area (Å²) in [4.78, 5) is 7.13. The Balaban J connectivity index is 2.44. The molecule has 0 saturated carbocycles. The van der Waals surface area contributed by atoms with Crippen molar-refractivity contribution in [2.24, 2.45) is 0 Å².